The summed E-state index contributed by atoms with van der Waals surface area (Å²) in [6, 6.07) is 9.50. The molecule has 0 radical (unpaired) electrons. The van der Waals surface area contributed by atoms with Gasteiger partial charge in [0.1, 0.15) is 5.69 Å². The summed E-state index contributed by atoms with van der Waals surface area (Å²) in [5.41, 5.74) is 3.41. The van der Waals surface area contributed by atoms with Crippen LogP contribution in [0.4, 0.5) is 17.5 Å². The van der Waals surface area contributed by atoms with E-state index in [0.29, 0.717) is 27.5 Å². The molecule has 0 spiro atoms. The van der Waals surface area contributed by atoms with E-state index in [1.165, 1.54) is 0 Å². The minimum absolute atomic E-state index is 0.0323. The first kappa shape index (κ1) is 19.0. The number of aromatic nitrogens is 3. The van der Waals surface area contributed by atoms with Crippen molar-refractivity contribution >= 4 is 58.5 Å². The Hall–Kier alpha value is -3.03. The number of piperazine rings is 1. The van der Waals surface area contributed by atoms with Gasteiger partial charge in [0.2, 0.25) is 11.8 Å². The Morgan fingerprint density at radius 2 is 1.83 bits per heavy atom. The molecule has 0 aliphatic carbocycles. The third-order valence-corrected chi connectivity index (χ3v) is 6.01. The molecule has 4 heterocycles. The smallest absolute Gasteiger partial charge is 0.238 e. The van der Waals surface area contributed by atoms with E-state index in [9.17, 15) is 5.11 Å². The highest BCUT2D eigenvalue weighted by Crippen LogP contribution is 2.32. The van der Waals surface area contributed by atoms with Gasteiger partial charge in [0.25, 0.3) is 0 Å². The van der Waals surface area contributed by atoms with Gasteiger partial charge in [0.15, 0.2) is 5.82 Å². The highest BCUT2D eigenvalue weighted by molar-refractivity contribution is 6.42. The Kier molecular flexibility index (Phi) is 4.84. The molecule has 1 aromatic carbocycles. The summed E-state index contributed by atoms with van der Waals surface area (Å²) in [6.07, 6.45) is 5.30. The van der Waals surface area contributed by atoms with Crippen LogP contribution in [0.2, 0.25) is 10.0 Å². The molecule has 7 nitrogen and oxygen atoms in total. The minimum atomic E-state index is -0.0323. The predicted molar refractivity (Wildman–Crippen MR) is 121 cm³/mol. The van der Waals surface area contributed by atoms with E-state index in [-0.39, 0.29) is 5.88 Å². The highest BCUT2D eigenvalue weighted by Gasteiger charge is 2.22. The summed E-state index contributed by atoms with van der Waals surface area (Å²) in [5, 5.41) is 11.5. The fourth-order valence-electron chi connectivity index (χ4n) is 3.67. The van der Waals surface area contributed by atoms with Gasteiger partial charge in [-0.1, -0.05) is 23.2 Å². The number of benzene rings is 1. The van der Waals surface area contributed by atoms with Crippen molar-refractivity contribution in [2.45, 2.75) is 0 Å². The molecule has 1 saturated heterocycles. The van der Waals surface area contributed by atoms with Gasteiger partial charge in [0.05, 0.1) is 10.0 Å². The van der Waals surface area contributed by atoms with Crippen LogP contribution < -0.4 is 9.80 Å². The number of aromatic hydroxyl groups is 1. The van der Waals surface area contributed by atoms with Gasteiger partial charge >= 0.3 is 0 Å². The van der Waals surface area contributed by atoms with Gasteiger partial charge < -0.3 is 19.9 Å². The average molecular weight is 441 g/mol. The number of nitrogens with one attached hydrogen (secondary N) is 1. The molecule has 0 atom stereocenters. The van der Waals surface area contributed by atoms with Crippen LogP contribution in [0.5, 0.6) is 5.88 Å². The first-order valence-electron chi connectivity index (χ1n) is 9.53. The van der Waals surface area contributed by atoms with Crippen LogP contribution in [0, 0.1) is 0 Å². The Morgan fingerprint density at radius 3 is 2.63 bits per heavy atom. The van der Waals surface area contributed by atoms with Crippen molar-refractivity contribution in [1.82, 2.24) is 15.0 Å². The zero-order valence-corrected chi connectivity index (χ0v) is 17.4. The minimum Gasteiger partial charge on any atom is -0.492 e. The molecule has 0 bridgehead atoms. The quantitative estimate of drug-likeness (QED) is 0.630. The number of allylic oxidation sites excluding steroid dienone is 1. The Labute approximate surface area is 183 Å². The summed E-state index contributed by atoms with van der Waals surface area (Å²) in [4.78, 5) is 20.5. The van der Waals surface area contributed by atoms with E-state index in [1.54, 1.807) is 12.4 Å². The van der Waals surface area contributed by atoms with Crippen molar-refractivity contribution in [3.8, 4) is 5.88 Å². The Morgan fingerprint density at radius 1 is 1.03 bits per heavy atom. The third-order valence-electron chi connectivity index (χ3n) is 5.27. The zero-order chi connectivity index (χ0) is 20.7. The second-order valence-corrected chi connectivity index (χ2v) is 7.92. The van der Waals surface area contributed by atoms with Crippen molar-refractivity contribution in [2.24, 2.45) is 4.99 Å². The molecule has 3 aromatic rings. The van der Waals surface area contributed by atoms with E-state index in [4.69, 9.17) is 23.2 Å². The van der Waals surface area contributed by atoms with Crippen molar-refractivity contribution in [1.29, 1.82) is 0 Å². The molecule has 30 heavy (non-hydrogen) atoms. The number of H-pyrrole nitrogens is 1. The van der Waals surface area contributed by atoms with E-state index < -0.39 is 0 Å². The molecule has 0 saturated carbocycles. The summed E-state index contributed by atoms with van der Waals surface area (Å²) in [5.74, 6) is 1.30. The molecular formula is C21H18Cl2N6O. The fourth-order valence-corrected chi connectivity index (χ4v) is 3.96. The second kappa shape index (κ2) is 7.66. The van der Waals surface area contributed by atoms with Crippen LogP contribution in [0.25, 0.3) is 11.6 Å². The van der Waals surface area contributed by atoms with E-state index >= 15 is 0 Å². The van der Waals surface area contributed by atoms with Crippen molar-refractivity contribution < 1.29 is 5.11 Å². The number of pyridine rings is 1. The average Bonchev–Trinajstić information content (AvgIpc) is 3.34. The number of halogens is 2. The number of anilines is 2. The van der Waals surface area contributed by atoms with Crippen molar-refractivity contribution in [3.05, 3.63) is 57.8 Å². The van der Waals surface area contributed by atoms with Crippen LogP contribution >= 0.6 is 23.2 Å². The number of hydrogen-bond acceptors (Lipinski definition) is 6. The number of rotatable bonds is 3. The summed E-state index contributed by atoms with van der Waals surface area (Å²) >= 11 is 12.2. The molecule has 2 aliphatic heterocycles. The Balaban J connectivity index is 1.31. The number of aliphatic imine (C=N–C) groups is 1. The standard InChI is InChI=1S/C21H18Cl2N6O/c22-16-4-3-14(11-17(16)23)28-6-8-29(9-7-28)21-26-18(20(30)27-21)10-13-12-25-19-15(13)2-1-5-24-19/h1-5,10-12,30H,6-9H2,(H,26,27). The molecule has 2 aliphatic rings. The lowest BCUT2D eigenvalue weighted by Crippen LogP contribution is -2.47. The SMILES string of the molecule is Oc1nc(N2CCN(c3ccc(Cl)c(Cl)c3)CC2)[nH]c1C=C1C=Nc2ncccc21. The second-order valence-electron chi connectivity index (χ2n) is 7.10. The molecule has 1 fully saturated rings. The van der Waals surface area contributed by atoms with E-state index in [1.807, 2.05) is 36.4 Å². The molecular weight excluding hydrogens is 423 g/mol. The largest absolute Gasteiger partial charge is 0.492 e. The van der Waals surface area contributed by atoms with Crippen LogP contribution in [-0.2, 0) is 0 Å². The van der Waals surface area contributed by atoms with Crippen LogP contribution in [-0.4, -0.2) is 52.5 Å². The third kappa shape index (κ3) is 3.51. The summed E-state index contributed by atoms with van der Waals surface area (Å²) < 4.78 is 0. The van der Waals surface area contributed by atoms with Crippen molar-refractivity contribution in [3.63, 3.8) is 0 Å². The van der Waals surface area contributed by atoms with E-state index in [2.05, 4.69) is 29.7 Å². The molecule has 0 unspecified atom stereocenters. The lowest BCUT2D eigenvalue weighted by molar-refractivity contribution is 0.455. The normalized spacial score (nSPS) is 17.1. The number of fused-ring (bicyclic) bond motifs is 1. The number of imidazole rings is 1. The molecule has 5 rings (SSSR count). The molecule has 152 valence electrons. The van der Waals surface area contributed by atoms with Gasteiger partial charge in [0, 0.05) is 55.4 Å². The van der Waals surface area contributed by atoms with E-state index in [0.717, 1.165) is 43.0 Å². The highest BCUT2D eigenvalue weighted by atomic mass is 35.5. The van der Waals surface area contributed by atoms with Crippen LogP contribution in [0.1, 0.15) is 11.3 Å². The predicted octanol–water partition coefficient (Wildman–Crippen LogP) is 4.40. The zero-order valence-electron chi connectivity index (χ0n) is 15.9. The van der Waals surface area contributed by atoms with Gasteiger partial charge in [-0.2, -0.15) is 4.98 Å². The molecule has 0 amide bonds. The lowest BCUT2D eigenvalue weighted by atomic mass is 10.1. The number of nitrogens with zero attached hydrogens (tertiary/aromatic N) is 5. The fraction of sp³-hybridized carbons (Fsp3) is 0.190. The van der Waals surface area contributed by atoms with Gasteiger partial charge in [-0.05, 0) is 36.4 Å². The Bertz CT molecular complexity index is 1160. The lowest BCUT2D eigenvalue weighted by Gasteiger charge is -2.36. The summed E-state index contributed by atoms with van der Waals surface area (Å²) in [7, 11) is 0. The van der Waals surface area contributed by atoms with Gasteiger partial charge in [-0.15, -0.1) is 0 Å². The first-order valence-corrected chi connectivity index (χ1v) is 10.3. The van der Waals surface area contributed by atoms with Crippen LogP contribution in [0.3, 0.4) is 0 Å². The maximum absolute atomic E-state index is 10.3. The van der Waals surface area contributed by atoms with Gasteiger partial charge in [-0.25, -0.2) is 9.98 Å². The van der Waals surface area contributed by atoms with Crippen LogP contribution in [0.15, 0.2) is 41.5 Å². The number of aromatic amines is 1. The topological polar surface area (TPSA) is 80.6 Å². The maximum Gasteiger partial charge on any atom is 0.238 e. The maximum atomic E-state index is 10.3. The summed E-state index contributed by atoms with van der Waals surface area (Å²) in [6.45, 7) is 3.14. The molecule has 2 N–H and O–H groups in total. The van der Waals surface area contributed by atoms with Crippen molar-refractivity contribution in [2.75, 3.05) is 36.0 Å². The monoisotopic (exact) mass is 440 g/mol. The number of hydrogen-bond donors (Lipinski definition) is 2. The first-order chi connectivity index (χ1) is 14.6. The molecule has 2 aromatic heterocycles. The van der Waals surface area contributed by atoms with Gasteiger partial charge in [-0.3, -0.25) is 0 Å². The molecule has 9 heteroatoms.